The quantitative estimate of drug-likeness (QED) is 0.807. The van der Waals surface area contributed by atoms with Crippen LogP contribution in [0.4, 0.5) is 0 Å². The smallest absolute Gasteiger partial charge is 0.108 e. The minimum atomic E-state index is 0.231. The van der Waals surface area contributed by atoms with E-state index in [4.69, 9.17) is 11.6 Å². The zero-order valence-corrected chi connectivity index (χ0v) is 11.5. The van der Waals surface area contributed by atoms with Crippen LogP contribution < -0.4 is 5.32 Å². The summed E-state index contributed by atoms with van der Waals surface area (Å²) in [6, 6.07) is 8.23. The van der Waals surface area contributed by atoms with Crippen LogP contribution >= 0.6 is 22.9 Å². The molecule has 0 aliphatic carbocycles. The Bertz CT molecular complexity index is 436. The Balaban J connectivity index is 1.86. The third-order valence-electron chi connectivity index (χ3n) is 2.58. The number of nitrogens with one attached hydrogen (secondary N) is 1. The molecule has 17 heavy (non-hydrogen) atoms. The van der Waals surface area contributed by atoms with Gasteiger partial charge in [0.25, 0.3) is 0 Å². The number of hydrogen-bond acceptors (Lipinski definition) is 3. The van der Waals surface area contributed by atoms with Gasteiger partial charge in [-0.1, -0.05) is 25.5 Å². The summed E-state index contributed by atoms with van der Waals surface area (Å²) in [5.41, 5.74) is 1.09. The van der Waals surface area contributed by atoms with Crippen molar-refractivity contribution in [2.45, 2.75) is 31.7 Å². The molecule has 4 heteroatoms. The van der Waals surface area contributed by atoms with Crippen molar-refractivity contribution in [1.29, 1.82) is 0 Å². The molecule has 1 heterocycles. The van der Waals surface area contributed by atoms with Crippen LogP contribution in [0.25, 0.3) is 10.2 Å². The van der Waals surface area contributed by atoms with E-state index in [2.05, 4.69) is 29.4 Å². The van der Waals surface area contributed by atoms with E-state index in [1.54, 1.807) is 11.3 Å². The van der Waals surface area contributed by atoms with Crippen LogP contribution in [-0.2, 0) is 6.54 Å². The van der Waals surface area contributed by atoms with E-state index < -0.39 is 0 Å². The maximum absolute atomic E-state index is 6.15. The lowest BCUT2D eigenvalue weighted by atomic mass is 10.2. The second-order valence-corrected chi connectivity index (χ2v) is 5.82. The van der Waals surface area contributed by atoms with Crippen molar-refractivity contribution < 1.29 is 0 Å². The van der Waals surface area contributed by atoms with E-state index in [0.29, 0.717) is 0 Å². The summed E-state index contributed by atoms with van der Waals surface area (Å²) in [6.45, 7) is 3.82. The van der Waals surface area contributed by atoms with Crippen LogP contribution in [-0.4, -0.2) is 16.9 Å². The third kappa shape index (κ3) is 3.66. The molecule has 2 aromatic rings. The maximum atomic E-state index is 6.15. The molecule has 0 radical (unpaired) electrons. The minimum Gasteiger partial charge on any atom is -0.309 e. The van der Waals surface area contributed by atoms with Gasteiger partial charge < -0.3 is 5.32 Å². The number of aromatic nitrogens is 1. The summed E-state index contributed by atoms with van der Waals surface area (Å²) in [7, 11) is 0. The molecule has 0 fully saturated rings. The topological polar surface area (TPSA) is 24.9 Å². The normalized spacial score (nSPS) is 13.1. The molecule has 2 nitrogen and oxygen atoms in total. The molecule has 0 bridgehead atoms. The van der Waals surface area contributed by atoms with Crippen LogP contribution in [0.1, 0.15) is 24.8 Å². The van der Waals surface area contributed by atoms with E-state index in [0.717, 1.165) is 36.5 Å². The summed E-state index contributed by atoms with van der Waals surface area (Å²) in [5, 5.41) is 4.73. The number of fused-ring (bicyclic) bond motifs is 1. The Hall–Kier alpha value is -0.640. The highest BCUT2D eigenvalue weighted by molar-refractivity contribution is 7.18. The third-order valence-corrected chi connectivity index (χ3v) is 3.99. The monoisotopic (exact) mass is 268 g/mol. The van der Waals surface area contributed by atoms with Crippen LogP contribution in [0, 0.1) is 0 Å². The number of halogens is 1. The van der Waals surface area contributed by atoms with Crippen molar-refractivity contribution in [1.82, 2.24) is 10.3 Å². The first kappa shape index (κ1) is 12.8. The Morgan fingerprint density at radius 1 is 1.41 bits per heavy atom. The van der Waals surface area contributed by atoms with Crippen molar-refractivity contribution in [3.63, 3.8) is 0 Å². The van der Waals surface area contributed by atoms with E-state index in [-0.39, 0.29) is 5.38 Å². The summed E-state index contributed by atoms with van der Waals surface area (Å²) in [5.74, 6) is 0. The lowest BCUT2D eigenvalue weighted by Crippen LogP contribution is -2.22. The molecule has 0 aliphatic heterocycles. The molecule has 92 valence electrons. The standard InChI is InChI=1S/C13H17ClN2S/c1-2-5-10(14)8-15-9-13-16-11-6-3-4-7-12(11)17-13/h3-4,6-7,10,15H,2,5,8-9H2,1H3. The molecule has 0 spiro atoms. The van der Waals surface area contributed by atoms with E-state index in [1.807, 2.05) is 12.1 Å². The van der Waals surface area contributed by atoms with Crippen molar-refractivity contribution in [3.8, 4) is 0 Å². The molecule has 1 unspecified atom stereocenters. The molecule has 0 aliphatic rings. The van der Waals surface area contributed by atoms with Crippen molar-refractivity contribution >= 4 is 33.2 Å². The van der Waals surface area contributed by atoms with Gasteiger partial charge in [0, 0.05) is 18.5 Å². The summed E-state index contributed by atoms with van der Waals surface area (Å²) < 4.78 is 1.25. The maximum Gasteiger partial charge on any atom is 0.108 e. The van der Waals surface area contributed by atoms with Gasteiger partial charge in [0.05, 0.1) is 10.2 Å². The lowest BCUT2D eigenvalue weighted by molar-refractivity contribution is 0.622. The molecular formula is C13H17ClN2S. The molecule has 0 saturated heterocycles. The summed E-state index contributed by atoms with van der Waals surface area (Å²) >= 11 is 7.89. The predicted molar refractivity (Wildman–Crippen MR) is 75.9 cm³/mol. The van der Waals surface area contributed by atoms with Gasteiger partial charge in [-0.3, -0.25) is 0 Å². The van der Waals surface area contributed by atoms with Crippen LogP contribution in [0.2, 0.25) is 0 Å². The van der Waals surface area contributed by atoms with E-state index >= 15 is 0 Å². The number of benzene rings is 1. The number of alkyl halides is 1. The first-order valence-electron chi connectivity index (χ1n) is 5.99. The SMILES string of the molecule is CCCC(Cl)CNCc1nc2ccccc2s1. The largest absolute Gasteiger partial charge is 0.309 e. The molecule has 0 saturated carbocycles. The molecule has 1 aromatic carbocycles. The van der Waals surface area contributed by atoms with Crippen molar-refractivity contribution in [2.24, 2.45) is 0 Å². The Morgan fingerprint density at radius 2 is 2.24 bits per heavy atom. The lowest BCUT2D eigenvalue weighted by Gasteiger charge is -2.07. The first-order chi connectivity index (χ1) is 8.29. The predicted octanol–water partition coefficient (Wildman–Crippen LogP) is 3.79. The average Bonchev–Trinajstić information content (AvgIpc) is 2.71. The van der Waals surface area contributed by atoms with Gasteiger partial charge in [0.2, 0.25) is 0 Å². The van der Waals surface area contributed by atoms with Gasteiger partial charge in [-0.05, 0) is 18.6 Å². The highest BCUT2D eigenvalue weighted by Gasteiger charge is 2.05. The van der Waals surface area contributed by atoms with Crippen LogP contribution in [0.3, 0.4) is 0 Å². The van der Waals surface area contributed by atoms with E-state index in [1.165, 1.54) is 4.70 Å². The van der Waals surface area contributed by atoms with Gasteiger partial charge in [0.1, 0.15) is 5.01 Å². The molecule has 0 amide bonds. The van der Waals surface area contributed by atoms with Gasteiger partial charge in [-0.25, -0.2) is 4.98 Å². The minimum absolute atomic E-state index is 0.231. The fourth-order valence-electron chi connectivity index (χ4n) is 1.75. The Labute approximate surface area is 111 Å². The second kappa shape index (κ2) is 6.34. The van der Waals surface area contributed by atoms with Gasteiger partial charge >= 0.3 is 0 Å². The van der Waals surface area contributed by atoms with Gasteiger partial charge in [-0.2, -0.15) is 0 Å². The molecule has 1 N–H and O–H groups in total. The number of hydrogen-bond donors (Lipinski definition) is 1. The summed E-state index contributed by atoms with van der Waals surface area (Å²) in [6.07, 6.45) is 2.20. The average molecular weight is 269 g/mol. The molecular weight excluding hydrogens is 252 g/mol. The van der Waals surface area contributed by atoms with Gasteiger partial charge in [-0.15, -0.1) is 22.9 Å². The highest BCUT2D eigenvalue weighted by atomic mass is 35.5. The van der Waals surface area contributed by atoms with Crippen LogP contribution in [0.15, 0.2) is 24.3 Å². The molecule has 1 atom stereocenters. The van der Waals surface area contributed by atoms with Gasteiger partial charge in [0.15, 0.2) is 0 Å². The zero-order valence-electron chi connectivity index (χ0n) is 9.95. The fraction of sp³-hybridized carbons (Fsp3) is 0.462. The highest BCUT2D eigenvalue weighted by Crippen LogP contribution is 2.21. The number of thiazole rings is 1. The van der Waals surface area contributed by atoms with Crippen LogP contribution in [0.5, 0.6) is 0 Å². The van der Waals surface area contributed by atoms with Crippen molar-refractivity contribution in [2.75, 3.05) is 6.54 Å². The Kier molecular flexibility index (Phi) is 4.77. The first-order valence-corrected chi connectivity index (χ1v) is 7.24. The zero-order chi connectivity index (χ0) is 12.1. The fourth-order valence-corrected chi connectivity index (χ4v) is 3.01. The van der Waals surface area contributed by atoms with Crippen molar-refractivity contribution in [3.05, 3.63) is 29.3 Å². The second-order valence-electron chi connectivity index (χ2n) is 4.09. The number of nitrogens with zero attached hydrogens (tertiary/aromatic N) is 1. The Morgan fingerprint density at radius 3 is 3.00 bits per heavy atom. The molecule has 2 rings (SSSR count). The summed E-state index contributed by atoms with van der Waals surface area (Å²) in [4.78, 5) is 4.57. The molecule has 1 aromatic heterocycles. The van der Waals surface area contributed by atoms with E-state index in [9.17, 15) is 0 Å². The number of para-hydroxylation sites is 1. The number of rotatable bonds is 6.